The van der Waals surface area contributed by atoms with Crippen LogP contribution in [0.1, 0.15) is 16.1 Å². The topological polar surface area (TPSA) is 43.3 Å². The number of hydrogen-bond acceptors (Lipinski definition) is 3. The first-order valence-corrected chi connectivity index (χ1v) is 9.47. The highest BCUT2D eigenvalue weighted by atomic mass is 16.5. The van der Waals surface area contributed by atoms with E-state index in [1.54, 1.807) is 0 Å². The maximum absolute atomic E-state index is 12.8. The molecule has 0 saturated carbocycles. The number of ether oxygens (including phenoxy) is 1. The van der Waals surface area contributed by atoms with E-state index >= 15 is 0 Å². The van der Waals surface area contributed by atoms with Gasteiger partial charge in [-0.2, -0.15) is 0 Å². The standard InChI is InChI=1S/C25H22N2O2/c1-18-22(25(28)29-2)23(19-12-6-3-7-13-19)24(20-14-8-4-9-15-20)27(18)26-21-16-10-5-11-17-21/h3-17,26H,1-2H3. The molecule has 29 heavy (non-hydrogen) atoms. The van der Waals surface area contributed by atoms with Gasteiger partial charge in [-0.3, -0.25) is 10.1 Å². The second-order valence-corrected chi connectivity index (χ2v) is 6.72. The lowest BCUT2D eigenvalue weighted by molar-refractivity contribution is 0.0600. The number of nitrogens with one attached hydrogen (secondary N) is 1. The van der Waals surface area contributed by atoms with Crippen molar-refractivity contribution in [2.24, 2.45) is 0 Å². The lowest BCUT2D eigenvalue weighted by Gasteiger charge is -2.16. The van der Waals surface area contributed by atoms with Crippen LogP contribution in [-0.4, -0.2) is 17.8 Å². The van der Waals surface area contributed by atoms with Crippen LogP contribution in [0.25, 0.3) is 22.4 Å². The van der Waals surface area contributed by atoms with Crippen LogP contribution >= 0.6 is 0 Å². The van der Waals surface area contributed by atoms with Gasteiger partial charge in [0.15, 0.2) is 0 Å². The fraction of sp³-hybridized carbons (Fsp3) is 0.0800. The highest BCUT2D eigenvalue weighted by Crippen LogP contribution is 2.39. The van der Waals surface area contributed by atoms with E-state index in [-0.39, 0.29) is 5.97 Å². The summed E-state index contributed by atoms with van der Waals surface area (Å²) in [6.45, 7) is 1.93. The molecule has 0 aliphatic heterocycles. The maximum Gasteiger partial charge on any atom is 0.340 e. The number of hydrogen-bond donors (Lipinski definition) is 1. The summed E-state index contributed by atoms with van der Waals surface area (Å²) in [5, 5.41) is 0. The van der Waals surface area contributed by atoms with Gasteiger partial charge in [0.25, 0.3) is 0 Å². The number of carbonyl (C=O) groups excluding carboxylic acids is 1. The minimum absolute atomic E-state index is 0.354. The molecule has 1 N–H and O–H groups in total. The second-order valence-electron chi connectivity index (χ2n) is 6.72. The molecule has 0 atom stereocenters. The normalized spacial score (nSPS) is 10.6. The first-order valence-electron chi connectivity index (χ1n) is 9.47. The van der Waals surface area contributed by atoms with Crippen LogP contribution in [-0.2, 0) is 4.74 Å². The Bertz CT molecular complexity index is 1120. The number of rotatable bonds is 5. The van der Waals surface area contributed by atoms with Gasteiger partial charge >= 0.3 is 5.97 Å². The number of anilines is 1. The van der Waals surface area contributed by atoms with Crippen molar-refractivity contribution in [3.63, 3.8) is 0 Å². The summed E-state index contributed by atoms with van der Waals surface area (Å²) < 4.78 is 7.13. The van der Waals surface area contributed by atoms with E-state index in [0.29, 0.717) is 5.56 Å². The molecule has 4 heteroatoms. The summed E-state index contributed by atoms with van der Waals surface area (Å²) in [5.41, 5.74) is 9.47. The van der Waals surface area contributed by atoms with Gasteiger partial charge in [-0.1, -0.05) is 78.9 Å². The van der Waals surface area contributed by atoms with Gasteiger partial charge in [-0.05, 0) is 24.6 Å². The van der Waals surface area contributed by atoms with E-state index in [1.807, 2.05) is 103 Å². The number of aromatic nitrogens is 1. The Morgan fingerprint density at radius 1 is 0.793 bits per heavy atom. The van der Waals surface area contributed by atoms with E-state index in [9.17, 15) is 4.79 Å². The highest BCUT2D eigenvalue weighted by molar-refractivity contribution is 6.03. The molecule has 4 nitrogen and oxygen atoms in total. The predicted octanol–water partition coefficient (Wildman–Crippen LogP) is 5.79. The van der Waals surface area contributed by atoms with Crippen LogP contribution in [0.15, 0.2) is 91.0 Å². The van der Waals surface area contributed by atoms with Gasteiger partial charge in [-0.15, -0.1) is 0 Å². The van der Waals surface area contributed by atoms with E-state index < -0.39 is 0 Å². The van der Waals surface area contributed by atoms with Crippen LogP contribution in [0, 0.1) is 6.92 Å². The van der Waals surface area contributed by atoms with Crippen molar-refractivity contribution in [2.45, 2.75) is 6.92 Å². The predicted molar refractivity (Wildman–Crippen MR) is 117 cm³/mol. The Kier molecular flexibility index (Phi) is 5.16. The maximum atomic E-state index is 12.8. The Morgan fingerprint density at radius 2 is 1.31 bits per heavy atom. The highest BCUT2D eigenvalue weighted by Gasteiger charge is 2.27. The van der Waals surface area contributed by atoms with Crippen LogP contribution < -0.4 is 5.43 Å². The van der Waals surface area contributed by atoms with Crippen LogP contribution in [0.5, 0.6) is 0 Å². The summed E-state index contributed by atoms with van der Waals surface area (Å²) >= 11 is 0. The van der Waals surface area contributed by atoms with Crippen LogP contribution in [0.2, 0.25) is 0 Å². The fourth-order valence-electron chi connectivity index (χ4n) is 3.58. The van der Waals surface area contributed by atoms with E-state index in [1.165, 1.54) is 7.11 Å². The smallest absolute Gasteiger partial charge is 0.340 e. The minimum Gasteiger partial charge on any atom is -0.465 e. The summed E-state index contributed by atoms with van der Waals surface area (Å²) in [5.74, 6) is -0.354. The molecule has 1 aromatic heterocycles. The van der Waals surface area contributed by atoms with Crippen LogP contribution in [0.4, 0.5) is 5.69 Å². The second kappa shape index (κ2) is 8.07. The number of methoxy groups -OCH3 is 1. The molecule has 0 amide bonds. The molecule has 0 aliphatic carbocycles. The molecule has 0 fully saturated rings. The largest absolute Gasteiger partial charge is 0.465 e. The molecule has 144 valence electrons. The first-order chi connectivity index (χ1) is 14.2. The van der Waals surface area contributed by atoms with E-state index in [0.717, 1.165) is 33.8 Å². The number of nitrogens with zero attached hydrogens (tertiary/aromatic N) is 1. The molecule has 0 saturated heterocycles. The van der Waals surface area contributed by atoms with E-state index in [4.69, 9.17) is 4.74 Å². The van der Waals surface area contributed by atoms with Gasteiger partial charge in [0.1, 0.15) is 0 Å². The molecule has 4 aromatic rings. The van der Waals surface area contributed by atoms with Crippen molar-refractivity contribution in [3.05, 3.63) is 102 Å². The molecular formula is C25H22N2O2. The molecular weight excluding hydrogens is 360 g/mol. The number of esters is 1. The average molecular weight is 382 g/mol. The van der Waals surface area contributed by atoms with Crippen molar-refractivity contribution in [1.29, 1.82) is 0 Å². The number of para-hydroxylation sites is 1. The Balaban J connectivity index is 2.04. The third kappa shape index (κ3) is 3.52. The molecule has 4 rings (SSSR count). The zero-order valence-corrected chi connectivity index (χ0v) is 16.4. The van der Waals surface area contributed by atoms with Crippen molar-refractivity contribution in [2.75, 3.05) is 12.5 Å². The van der Waals surface area contributed by atoms with Gasteiger partial charge in [-0.25, -0.2) is 4.79 Å². The fourth-order valence-corrected chi connectivity index (χ4v) is 3.58. The Morgan fingerprint density at radius 3 is 1.86 bits per heavy atom. The van der Waals surface area contributed by atoms with Gasteiger partial charge < -0.3 is 4.74 Å². The number of benzene rings is 3. The quantitative estimate of drug-likeness (QED) is 0.444. The number of carbonyl (C=O) groups is 1. The van der Waals surface area contributed by atoms with Gasteiger partial charge in [0.05, 0.1) is 29.7 Å². The summed E-state index contributed by atoms with van der Waals surface area (Å²) in [7, 11) is 1.42. The zero-order valence-electron chi connectivity index (χ0n) is 16.4. The molecule has 0 spiro atoms. The van der Waals surface area contributed by atoms with Crippen molar-refractivity contribution in [1.82, 2.24) is 4.68 Å². The van der Waals surface area contributed by atoms with E-state index in [2.05, 4.69) is 5.43 Å². The van der Waals surface area contributed by atoms with Crippen molar-refractivity contribution < 1.29 is 9.53 Å². The average Bonchev–Trinajstić information content (AvgIpc) is 3.07. The Hall–Kier alpha value is -3.79. The summed E-state index contributed by atoms with van der Waals surface area (Å²) in [6, 6.07) is 29.9. The molecule has 0 aliphatic rings. The van der Waals surface area contributed by atoms with Crippen LogP contribution in [0.3, 0.4) is 0 Å². The summed E-state index contributed by atoms with van der Waals surface area (Å²) in [6.07, 6.45) is 0. The zero-order chi connectivity index (χ0) is 20.2. The monoisotopic (exact) mass is 382 g/mol. The van der Waals surface area contributed by atoms with Gasteiger partial charge in [0, 0.05) is 11.1 Å². The van der Waals surface area contributed by atoms with Gasteiger partial charge in [0.2, 0.25) is 0 Å². The van der Waals surface area contributed by atoms with Crippen molar-refractivity contribution in [3.8, 4) is 22.4 Å². The molecule has 1 heterocycles. The SMILES string of the molecule is COC(=O)c1c(-c2ccccc2)c(-c2ccccc2)n(Nc2ccccc2)c1C. The first kappa shape index (κ1) is 18.6. The molecule has 0 radical (unpaired) electrons. The van der Waals surface area contributed by atoms with Crippen molar-refractivity contribution >= 4 is 11.7 Å². The minimum atomic E-state index is -0.354. The molecule has 0 bridgehead atoms. The summed E-state index contributed by atoms with van der Waals surface area (Å²) in [4.78, 5) is 12.8. The third-order valence-electron chi connectivity index (χ3n) is 4.92. The lowest BCUT2D eigenvalue weighted by Crippen LogP contribution is -2.13. The Labute approximate surface area is 170 Å². The molecule has 0 unspecified atom stereocenters. The third-order valence-corrected chi connectivity index (χ3v) is 4.92. The molecule has 3 aromatic carbocycles. The lowest BCUT2D eigenvalue weighted by atomic mass is 9.97.